The number of thiazole rings is 1. The van der Waals surface area contributed by atoms with Gasteiger partial charge < -0.3 is 29.9 Å². The maximum atomic E-state index is 13.9. The minimum Gasteiger partial charge on any atom is -0.481 e. The van der Waals surface area contributed by atoms with E-state index in [4.69, 9.17) is 21.7 Å². The van der Waals surface area contributed by atoms with E-state index in [1.54, 1.807) is 54.3 Å². The van der Waals surface area contributed by atoms with E-state index in [9.17, 15) is 37.6 Å². The molecule has 0 saturated carbocycles. The number of likely N-dealkylation sites (tertiary alicyclic amines) is 1. The fourth-order valence-corrected chi connectivity index (χ4v) is 9.00. The summed E-state index contributed by atoms with van der Waals surface area (Å²) in [6.07, 6.45) is -3.63. The molecule has 66 heavy (non-hydrogen) atoms. The Hall–Kier alpha value is -6.34. The van der Waals surface area contributed by atoms with E-state index in [2.05, 4.69) is 27.5 Å². The number of anilines is 2. The summed E-state index contributed by atoms with van der Waals surface area (Å²) in [6.45, 7) is 11.6. The third-order valence-corrected chi connectivity index (χ3v) is 12.6. The first kappa shape index (κ1) is 49.1. The molecule has 0 spiro atoms. The lowest BCUT2D eigenvalue weighted by Crippen LogP contribution is -2.57. The highest BCUT2D eigenvalue weighted by molar-refractivity contribution is 7.81. The van der Waals surface area contributed by atoms with Gasteiger partial charge in [-0.3, -0.25) is 24.1 Å². The van der Waals surface area contributed by atoms with Crippen molar-refractivity contribution in [2.24, 2.45) is 5.41 Å². The molecule has 2 aliphatic rings. The number of thiocarbonyl (C=S) groups is 1. The van der Waals surface area contributed by atoms with Crippen molar-refractivity contribution in [3.05, 3.63) is 94.6 Å². The summed E-state index contributed by atoms with van der Waals surface area (Å²) in [6, 6.07) is 17.6. The monoisotopic (exact) mass is 941 g/mol. The molecule has 2 saturated heterocycles. The molecule has 18 heteroatoms. The highest BCUT2D eigenvalue weighted by Crippen LogP contribution is 2.40. The number of amides is 4. The van der Waals surface area contributed by atoms with Crippen LogP contribution in [-0.4, -0.2) is 82.6 Å². The van der Waals surface area contributed by atoms with E-state index >= 15 is 0 Å². The van der Waals surface area contributed by atoms with Crippen LogP contribution in [0.1, 0.15) is 76.3 Å². The normalized spacial score (nSPS) is 16.4. The molecule has 4 amide bonds. The molecule has 0 aliphatic carbocycles. The Bertz CT molecular complexity index is 2570. The minimum atomic E-state index is -4.81. The fraction of sp³-hybridized carbons (Fsp3) is 0.396. The number of carbonyl (C=O) groups excluding carboxylic acids is 4. The van der Waals surface area contributed by atoms with Gasteiger partial charge in [-0.05, 0) is 105 Å². The van der Waals surface area contributed by atoms with Crippen LogP contribution in [-0.2, 0) is 36.6 Å². The van der Waals surface area contributed by atoms with Crippen molar-refractivity contribution in [2.75, 3.05) is 36.2 Å². The van der Waals surface area contributed by atoms with E-state index in [-0.39, 0.29) is 54.8 Å². The van der Waals surface area contributed by atoms with E-state index in [1.165, 1.54) is 17.0 Å². The van der Waals surface area contributed by atoms with Gasteiger partial charge in [0.15, 0.2) is 5.11 Å². The molecule has 0 bridgehead atoms. The molecule has 1 aromatic heterocycles. The Morgan fingerprint density at radius 3 is 2.33 bits per heavy atom. The molecule has 2 N–H and O–H groups in total. The molecule has 3 aromatic carbocycles. The number of hydrogen-bond donors (Lipinski definition) is 2. The average Bonchev–Trinajstić information content (AvgIpc) is 3.98. The first-order chi connectivity index (χ1) is 31.2. The predicted octanol–water partition coefficient (Wildman–Crippen LogP) is 7.55. The zero-order valence-electron chi connectivity index (χ0n) is 37.4. The average molecular weight is 942 g/mol. The second-order valence-corrected chi connectivity index (χ2v) is 18.6. The molecule has 0 radical (unpaired) electrons. The molecule has 13 nitrogen and oxygen atoms in total. The standard InChI is InChI=1S/C48H50F3N7O6S2/c1-30-40(66-29-54-30)32-13-11-31(12-14-32)28-53-42(60)38-10-9-22-56(38)43(61)41(46(2,3)4)55-39(59)21-25-63-23-7-8-24-64-36-19-17-34(18-20-36)58-45(65)57(44(62)47(58,5)6)35-16-15-33(27-52)37(26-35)48(49,50)51/h11-20,26,29,38,41H,9-10,21-25,28H2,1-6H3,(H,53,60)(H,55,59). The predicted molar refractivity (Wildman–Crippen MR) is 248 cm³/mol. The summed E-state index contributed by atoms with van der Waals surface area (Å²) in [5.41, 5.74) is 1.55. The van der Waals surface area contributed by atoms with Gasteiger partial charge in [0.05, 0.1) is 52.0 Å². The summed E-state index contributed by atoms with van der Waals surface area (Å²) in [7, 11) is 0. The van der Waals surface area contributed by atoms with Gasteiger partial charge in [0.1, 0.15) is 36.6 Å². The van der Waals surface area contributed by atoms with Crippen molar-refractivity contribution in [2.45, 2.75) is 91.1 Å². The number of aromatic nitrogens is 1. The zero-order valence-corrected chi connectivity index (χ0v) is 39.0. The number of hydrogen-bond acceptors (Lipinski definition) is 10. The van der Waals surface area contributed by atoms with Crippen molar-refractivity contribution in [1.82, 2.24) is 20.5 Å². The Balaban J connectivity index is 0.937. The van der Waals surface area contributed by atoms with Gasteiger partial charge in [0.2, 0.25) is 17.7 Å². The van der Waals surface area contributed by atoms with Crippen LogP contribution in [0.4, 0.5) is 24.5 Å². The first-order valence-electron chi connectivity index (χ1n) is 21.2. The Labute approximate surface area is 391 Å². The summed E-state index contributed by atoms with van der Waals surface area (Å²) in [4.78, 5) is 63.4. The molecule has 3 heterocycles. The van der Waals surface area contributed by atoms with E-state index in [0.717, 1.165) is 38.7 Å². The van der Waals surface area contributed by atoms with E-state index < -0.39 is 46.2 Å². The number of ether oxygens (including phenoxy) is 2. The SMILES string of the molecule is Cc1ncsc1-c1ccc(CNC(=O)C2CCCN2C(=O)C(NC(=O)CCOCC#CCOc2ccc(N3C(=S)N(c4ccc(C#N)c(C(F)(F)F)c4)C(=O)C3(C)C)cc2)C(C)(C)C)cc1. The van der Waals surface area contributed by atoms with Gasteiger partial charge in [-0.25, -0.2) is 4.98 Å². The smallest absolute Gasteiger partial charge is 0.417 e. The van der Waals surface area contributed by atoms with Crippen LogP contribution in [0.25, 0.3) is 10.4 Å². The second kappa shape index (κ2) is 20.4. The molecule has 2 unspecified atom stereocenters. The molecule has 4 aromatic rings. The molecule has 2 atom stereocenters. The van der Waals surface area contributed by atoms with Gasteiger partial charge >= 0.3 is 6.18 Å². The molecule has 346 valence electrons. The number of aryl methyl sites for hydroxylation is 1. The Morgan fingerprint density at radius 1 is 1.02 bits per heavy atom. The zero-order chi connectivity index (χ0) is 48.0. The lowest BCUT2D eigenvalue weighted by Gasteiger charge is -2.35. The van der Waals surface area contributed by atoms with E-state index in [1.807, 2.05) is 57.5 Å². The van der Waals surface area contributed by atoms with Crippen LogP contribution in [0.5, 0.6) is 5.75 Å². The summed E-state index contributed by atoms with van der Waals surface area (Å²) in [5, 5.41) is 15.0. The highest BCUT2D eigenvalue weighted by Gasteiger charge is 2.51. The van der Waals surface area contributed by atoms with Crippen LogP contribution in [0.2, 0.25) is 0 Å². The van der Waals surface area contributed by atoms with Crippen LogP contribution >= 0.6 is 23.6 Å². The van der Waals surface area contributed by atoms with Crippen LogP contribution in [0.15, 0.2) is 72.2 Å². The van der Waals surface area contributed by atoms with Crippen molar-refractivity contribution in [3.63, 3.8) is 0 Å². The molecule has 6 rings (SSSR count). The maximum Gasteiger partial charge on any atom is 0.417 e. The summed E-state index contributed by atoms with van der Waals surface area (Å²) < 4.78 is 52.4. The highest BCUT2D eigenvalue weighted by atomic mass is 32.1. The number of benzene rings is 3. The number of halogens is 3. The minimum absolute atomic E-state index is 0.00904. The number of carbonyl (C=O) groups is 4. The van der Waals surface area contributed by atoms with Gasteiger partial charge in [-0.2, -0.15) is 18.4 Å². The second-order valence-electron chi connectivity index (χ2n) is 17.3. The molecular formula is C48H50F3N7O6S2. The van der Waals surface area contributed by atoms with Crippen molar-refractivity contribution in [3.8, 4) is 34.1 Å². The summed E-state index contributed by atoms with van der Waals surface area (Å²) in [5.74, 6) is 4.65. The quantitative estimate of drug-likeness (QED) is 0.0735. The summed E-state index contributed by atoms with van der Waals surface area (Å²) >= 11 is 7.18. The van der Waals surface area contributed by atoms with Crippen LogP contribution in [0, 0.1) is 35.5 Å². The number of alkyl halides is 3. The Kier molecular flexibility index (Phi) is 15.2. The van der Waals surface area contributed by atoms with Crippen LogP contribution in [0.3, 0.4) is 0 Å². The molecule has 2 fully saturated rings. The number of nitriles is 1. The Morgan fingerprint density at radius 2 is 1.70 bits per heavy atom. The van der Waals surface area contributed by atoms with Crippen molar-refractivity contribution < 1.29 is 41.8 Å². The van der Waals surface area contributed by atoms with Crippen LogP contribution < -0.4 is 25.2 Å². The number of rotatable bonds is 14. The number of nitrogens with one attached hydrogen (secondary N) is 2. The van der Waals surface area contributed by atoms with Crippen molar-refractivity contribution in [1.29, 1.82) is 5.26 Å². The first-order valence-corrected chi connectivity index (χ1v) is 22.4. The van der Waals surface area contributed by atoms with E-state index in [0.29, 0.717) is 37.4 Å². The third kappa shape index (κ3) is 11.2. The van der Waals surface area contributed by atoms with Gasteiger partial charge in [-0.1, -0.05) is 56.9 Å². The molecule has 2 aliphatic heterocycles. The van der Waals surface area contributed by atoms with Crippen molar-refractivity contribution >= 4 is 63.7 Å². The largest absolute Gasteiger partial charge is 0.481 e. The fourth-order valence-electron chi connectivity index (χ4n) is 7.67. The third-order valence-electron chi connectivity index (χ3n) is 11.2. The number of nitrogens with zero attached hydrogens (tertiary/aromatic N) is 5. The maximum absolute atomic E-state index is 13.9. The van der Waals surface area contributed by atoms with Gasteiger partial charge in [-0.15, -0.1) is 11.3 Å². The lowest BCUT2D eigenvalue weighted by molar-refractivity contribution is -0.144. The van der Waals surface area contributed by atoms with Gasteiger partial charge in [0, 0.05) is 18.8 Å². The van der Waals surface area contributed by atoms with Gasteiger partial charge in [0.25, 0.3) is 5.91 Å². The lowest BCUT2D eigenvalue weighted by atomic mass is 9.85. The molecular weight excluding hydrogens is 892 g/mol. The topological polar surface area (TPSA) is 157 Å².